The lowest BCUT2D eigenvalue weighted by Crippen LogP contribution is -2.08. The van der Waals surface area contributed by atoms with Crippen LogP contribution in [0.25, 0.3) is 0 Å². The molecule has 0 fully saturated rings. The van der Waals surface area contributed by atoms with Gasteiger partial charge in [0.2, 0.25) is 69.7 Å². The van der Waals surface area contributed by atoms with E-state index in [1.807, 2.05) is 6.07 Å². The Hall–Kier alpha value is -3.48. The predicted octanol–water partition coefficient (Wildman–Crippen LogP) is 6.26. The molecule has 0 aliphatic heterocycles. The van der Waals surface area contributed by atoms with E-state index < -0.39 is 69.7 Å². The maximum atomic E-state index is 13.3. The highest BCUT2D eigenvalue weighted by molar-refractivity contribution is 5.37. The summed E-state index contributed by atoms with van der Waals surface area (Å²) in [7, 11) is 0. The quantitative estimate of drug-likeness (QED) is 0.253. The Balaban J connectivity index is 0.000000451. The first-order valence-electron chi connectivity index (χ1n) is 8.46. The zero-order chi connectivity index (χ0) is 25.5. The molecule has 3 aromatic carbocycles. The van der Waals surface area contributed by atoms with Gasteiger partial charge in [0.15, 0.2) is 0 Å². The summed E-state index contributed by atoms with van der Waals surface area (Å²) in [5.41, 5.74) is 0. The zero-order valence-electron chi connectivity index (χ0n) is 16.2. The number of aliphatic hydroxyl groups excluding tert-OH is 1. The van der Waals surface area contributed by atoms with Crippen molar-refractivity contribution in [3.8, 4) is 17.2 Å². The third-order valence-electron chi connectivity index (χ3n) is 3.30. The number of rotatable bonds is 2. The van der Waals surface area contributed by atoms with Gasteiger partial charge in [0, 0.05) is 6.61 Å². The molecule has 0 aliphatic carbocycles. The highest BCUT2D eigenvalue weighted by atomic mass is 19.2. The third kappa shape index (κ3) is 6.28. The fourth-order valence-electron chi connectivity index (χ4n) is 1.88. The van der Waals surface area contributed by atoms with Crippen molar-refractivity contribution in [3.63, 3.8) is 0 Å². The number of benzene rings is 3. The topological polar surface area (TPSA) is 49.7 Å². The van der Waals surface area contributed by atoms with Crippen molar-refractivity contribution in [1.29, 1.82) is 0 Å². The van der Waals surface area contributed by atoms with Crippen LogP contribution in [-0.2, 0) is 0 Å². The van der Waals surface area contributed by atoms with E-state index in [0.29, 0.717) is 5.75 Å². The minimum atomic E-state index is -2.62. The monoisotopic (exact) mass is 490 g/mol. The lowest BCUT2D eigenvalue weighted by Gasteiger charge is -2.12. The smallest absolute Gasteiger partial charge is 0.207 e. The van der Waals surface area contributed by atoms with Crippen LogP contribution in [0.5, 0.6) is 17.2 Å². The number of aliphatic hydroxyl groups is 1. The molecule has 3 nitrogen and oxygen atoms in total. The largest absolute Gasteiger partial charge is 0.508 e. The standard InChI is InChI=1S/C12F10O.C6H6O.C2H6O/c13-1-3(15)7(19)11(8(20)4(1)16)23-12-9(21)5(17)2(14)6(18)10(12)22;7-6-4-2-1-3-5-6;1-2-3/h;1-5,7H;3H,2H2,1H3. The van der Waals surface area contributed by atoms with E-state index in [1.165, 1.54) is 0 Å². The number of aromatic hydroxyl groups is 1. The molecule has 0 spiro atoms. The average Bonchev–Trinajstić information content (AvgIpc) is 2.80. The minimum absolute atomic E-state index is 0.250. The second-order valence-corrected chi connectivity index (χ2v) is 5.55. The van der Waals surface area contributed by atoms with Crippen molar-refractivity contribution in [1.82, 2.24) is 0 Å². The average molecular weight is 490 g/mol. The summed E-state index contributed by atoms with van der Waals surface area (Å²) < 4.78 is 134. The first kappa shape index (κ1) is 27.6. The van der Waals surface area contributed by atoms with Crippen LogP contribution in [-0.4, -0.2) is 16.8 Å². The number of hydrogen-bond acceptors (Lipinski definition) is 3. The number of halogens is 10. The normalized spacial score (nSPS) is 10.1. The van der Waals surface area contributed by atoms with Gasteiger partial charge in [-0.3, -0.25) is 0 Å². The van der Waals surface area contributed by atoms with Gasteiger partial charge >= 0.3 is 0 Å². The number of phenolic OH excluding ortho intramolecular Hbond substituents is 1. The molecule has 0 aliphatic rings. The Bertz CT molecular complexity index is 982. The summed E-state index contributed by atoms with van der Waals surface area (Å²) in [6, 6.07) is 8.71. The zero-order valence-corrected chi connectivity index (χ0v) is 16.2. The molecule has 2 N–H and O–H groups in total. The van der Waals surface area contributed by atoms with E-state index in [-0.39, 0.29) is 6.61 Å². The molecule has 0 amide bonds. The summed E-state index contributed by atoms with van der Waals surface area (Å²) in [6.07, 6.45) is 0. The lowest BCUT2D eigenvalue weighted by atomic mass is 10.2. The Morgan fingerprint density at radius 3 is 1.00 bits per heavy atom. The van der Waals surface area contributed by atoms with E-state index in [9.17, 15) is 43.9 Å². The molecule has 3 aromatic rings. The number of para-hydroxylation sites is 1. The summed E-state index contributed by atoms with van der Waals surface area (Å²) >= 11 is 0. The molecule has 0 saturated heterocycles. The Morgan fingerprint density at radius 1 is 0.545 bits per heavy atom. The van der Waals surface area contributed by atoms with Gasteiger partial charge in [-0.1, -0.05) is 18.2 Å². The molecular formula is C20H12F10O3. The highest BCUT2D eigenvalue weighted by Crippen LogP contribution is 2.37. The van der Waals surface area contributed by atoms with Gasteiger partial charge in [-0.15, -0.1) is 0 Å². The van der Waals surface area contributed by atoms with Gasteiger partial charge < -0.3 is 14.9 Å². The molecule has 0 bridgehead atoms. The van der Waals surface area contributed by atoms with Crippen LogP contribution >= 0.6 is 0 Å². The van der Waals surface area contributed by atoms with Crippen LogP contribution in [0, 0.1) is 58.2 Å². The Kier molecular flexibility index (Phi) is 9.98. The van der Waals surface area contributed by atoms with Gasteiger partial charge in [0.05, 0.1) is 0 Å². The van der Waals surface area contributed by atoms with Crippen molar-refractivity contribution < 1.29 is 58.9 Å². The molecule has 0 unspecified atom stereocenters. The third-order valence-corrected chi connectivity index (χ3v) is 3.30. The summed E-state index contributed by atoms with van der Waals surface area (Å²) in [4.78, 5) is 0. The van der Waals surface area contributed by atoms with E-state index >= 15 is 0 Å². The van der Waals surface area contributed by atoms with Crippen LogP contribution < -0.4 is 4.74 Å². The van der Waals surface area contributed by atoms with Crippen LogP contribution in [0.1, 0.15) is 6.92 Å². The second-order valence-electron chi connectivity index (χ2n) is 5.55. The first-order chi connectivity index (χ1) is 15.4. The maximum absolute atomic E-state index is 13.3. The highest BCUT2D eigenvalue weighted by Gasteiger charge is 2.32. The van der Waals surface area contributed by atoms with E-state index in [0.717, 1.165) is 0 Å². The molecular weight excluding hydrogens is 478 g/mol. The molecule has 13 heteroatoms. The van der Waals surface area contributed by atoms with Gasteiger partial charge in [0.25, 0.3) is 0 Å². The molecule has 0 heterocycles. The van der Waals surface area contributed by atoms with Crippen LogP contribution in [0.4, 0.5) is 43.9 Å². The SMILES string of the molecule is CCO.Fc1c(F)c(F)c(Oc2c(F)c(F)c(F)c(F)c2F)c(F)c1F.Oc1ccccc1. The second kappa shape index (κ2) is 11.9. The number of ether oxygens (including phenoxy) is 1. The van der Waals surface area contributed by atoms with Gasteiger partial charge in [-0.25, -0.2) is 26.3 Å². The van der Waals surface area contributed by atoms with Crippen LogP contribution in [0.15, 0.2) is 30.3 Å². The molecule has 0 aromatic heterocycles. The van der Waals surface area contributed by atoms with Crippen molar-refractivity contribution in [2.45, 2.75) is 6.92 Å². The van der Waals surface area contributed by atoms with Crippen molar-refractivity contribution in [3.05, 3.63) is 88.5 Å². The number of hydrogen-bond donors (Lipinski definition) is 2. The Labute approximate surface area is 179 Å². The molecule has 180 valence electrons. The predicted molar refractivity (Wildman–Crippen MR) is 93.4 cm³/mol. The molecule has 3 rings (SSSR count). The van der Waals surface area contributed by atoms with Crippen molar-refractivity contribution in [2.75, 3.05) is 6.61 Å². The van der Waals surface area contributed by atoms with E-state index in [4.69, 9.17) is 10.2 Å². The maximum Gasteiger partial charge on any atom is 0.207 e. The summed E-state index contributed by atoms with van der Waals surface area (Å²) in [5.74, 6) is -30.2. The molecule has 33 heavy (non-hydrogen) atoms. The van der Waals surface area contributed by atoms with Crippen LogP contribution in [0.3, 0.4) is 0 Å². The van der Waals surface area contributed by atoms with Crippen molar-refractivity contribution in [2.24, 2.45) is 0 Å². The molecule has 0 radical (unpaired) electrons. The van der Waals surface area contributed by atoms with Crippen LogP contribution in [0.2, 0.25) is 0 Å². The first-order valence-corrected chi connectivity index (χ1v) is 8.46. The fourth-order valence-corrected chi connectivity index (χ4v) is 1.88. The molecule has 0 atom stereocenters. The number of phenols is 1. The van der Waals surface area contributed by atoms with Gasteiger partial charge in [0.1, 0.15) is 5.75 Å². The summed E-state index contributed by atoms with van der Waals surface area (Å²) in [5, 5.41) is 16.2. The van der Waals surface area contributed by atoms with E-state index in [2.05, 4.69) is 4.74 Å². The van der Waals surface area contributed by atoms with Crippen molar-refractivity contribution >= 4 is 0 Å². The Morgan fingerprint density at radius 2 is 0.788 bits per heavy atom. The lowest BCUT2D eigenvalue weighted by molar-refractivity contribution is 0.298. The minimum Gasteiger partial charge on any atom is -0.508 e. The molecule has 0 saturated carbocycles. The van der Waals surface area contributed by atoms with E-state index in [1.54, 1.807) is 31.2 Å². The van der Waals surface area contributed by atoms with Gasteiger partial charge in [-0.2, -0.15) is 17.6 Å². The van der Waals surface area contributed by atoms with Gasteiger partial charge in [-0.05, 0) is 19.1 Å². The summed E-state index contributed by atoms with van der Waals surface area (Å²) in [6.45, 7) is 1.93. The fraction of sp³-hybridized carbons (Fsp3) is 0.100.